The van der Waals surface area contributed by atoms with Crippen molar-refractivity contribution in [2.75, 3.05) is 0 Å². The van der Waals surface area contributed by atoms with Crippen LogP contribution in [0.4, 0.5) is 8.78 Å². The highest BCUT2D eigenvalue weighted by molar-refractivity contribution is 5.42. The van der Waals surface area contributed by atoms with Crippen molar-refractivity contribution in [3.63, 3.8) is 0 Å². The highest BCUT2D eigenvalue weighted by atomic mass is 19.3. The zero-order valence-electron chi connectivity index (χ0n) is 7.80. The van der Waals surface area contributed by atoms with E-state index in [4.69, 9.17) is 6.42 Å². The maximum Gasteiger partial charge on any atom is 0.282 e. The lowest BCUT2D eigenvalue weighted by atomic mass is 9.98. The molecule has 0 bridgehead atoms. The van der Waals surface area contributed by atoms with Crippen LogP contribution >= 0.6 is 0 Å². The summed E-state index contributed by atoms with van der Waals surface area (Å²) in [6.07, 6.45) is 5.98. The number of nitrogens with zero attached hydrogens (tertiary/aromatic N) is 2. The van der Waals surface area contributed by atoms with Crippen molar-refractivity contribution in [2.24, 2.45) is 7.05 Å². The van der Waals surface area contributed by atoms with Gasteiger partial charge in [-0.3, -0.25) is 4.68 Å². The van der Waals surface area contributed by atoms with E-state index in [1.54, 1.807) is 13.2 Å². The number of hydrogen-bond acceptors (Lipinski definition) is 1. The molecular formula is C10H10F2N2. The summed E-state index contributed by atoms with van der Waals surface area (Å²) in [5.41, 5.74) is -0.0968. The fraction of sp³-hybridized carbons (Fsp3) is 0.500. The molecule has 0 N–H and O–H groups in total. The number of rotatable bonds is 2. The molecule has 1 aliphatic rings. The minimum Gasteiger partial charge on any atom is -0.275 e. The van der Waals surface area contributed by atoms with E-state index >= 15 is 0 Å². The molecule has 1 aliphatic carbocycles. The Kier molecular flexibility index (Phi) is 1.84. The monoisotopic (exact) mass is 196 g/mol. The molecular weight excluding hydrogens is 186 g/mol. The van der Waals surface area contributed by atoms with Crippen molar-refractivity contribution in [1.82, 2.24) is 9.78 Å². The van der Waals surface area contributed by atoms with E-state index in [1.807, 2.05) is 0 Å². The van der Waals surface area contributed by atoms with E-state index in [0.717, 1.165) is 12.8 Å². The standard InChI is InChI=1S/C10H10F2N2/c1-3-10(4-5-10)7-6-14(2)13-8(7)9(11)12/h1,6,9H,4-5H2,2H3. The third-order valence-corrected chi connectivity index (χ3v) is 2.61. The molecule has 1 aromatic rings. The first-order valence-electron chi connectivity index (χ1n) is 4.39. The van der Waals surface area contributed by atoms with Crippen LogP contribution in [0, 0.1) is 12.3 Å². The molecule has 1 heterocycles. The third-order valence-electron chi connectivity index (χ3n) is 2.61. The van der Waals surface area contributed by atoms with E-state index in [1.165, 1.54) is 4.68 Å². The molecule has 0 aromatic carbocycles. The topological polar surface area (TPSA) is 17.8 Å². The second-order valence-electron chi connectivity index (χ2n) is 3.63. The number of terminal acetylenes is 1. The molecule has 14 heavy (non-hydrogen) atoms. The van der Waals surface area contributed by atoms with Gasteiger partial charge in [-0.05, 0) is 12.8 Å². The van der Waals surface area contributed by atoms with E-state index in [2.05, 4.69) is 11.0 Å². The summed E-state index contributed by atoms with van der Waals surface area (Å²) in [4.78, 5) is 0. The van der Waals surface area contributed by atoms with E-state index in [9.17, 15) is 8.78 Å². The second-order valence-corrected chi connectivity index (χ2v) is 3.63. The fourth-order valence-electron chi connectivity index (χ4n) is 1.65. The van der Waals surface area contributed by atoms with Crippen molar-refractivity contribution in [1.29, 1.82) is 0 Å². The first kappa shape index (κ1) is 9.20. The highest BCUT2D eigenvalue weighted by Gasteiger charge is 2.46. The van der Waals surface area contributed by atoms with Gasteiger partial charge in [-0.2, -0.15) is 5.10 Å². The van der Waals surface area contributed by atoms with Gasteiger partial charge in [0.1, 0.15) is 5.69 Å². The van der Waals surface area contributed by atoms with Gasteiger partial charge in [0.2, 0.25) is 0 Å². The number of alkyl halides is 2. The van der Waals surface area contributed by atoms with Crippen molar-refractivity contribution in [2.45, 2.75) is 24.7 Å². The molecule has 74 valence electrons. The zero-order valence-corrected chi connectivity index (χ0v) is 7.80. The van der Waals surface area contributed by atoms with E-state index in [0.29, 0.717) is 5.56 Å². The Morgan fingerprint density at radius 1 is 1.64 bits per heavy atom. The highest BCUT2D eigenvalue weighted by Crippen LogP contribution is 2.49. The summed E-state index contributed by atoms with van der Waals surface area (Å²) in [5.74, 6) is 2.59. The van der Waals surface area contributed by atoms with Crippen molar-refractivity contribution < 1.29 is 8.78 Å². The van der Waals surface area contributed by atoms with Gasteiger partial charge in [0.25, 0.3) is 6.43 Å². The van der Waals surface area contributed by atoms with Crippen molar-refractivity contribution in [3.05, 3.63) is 17.5 Å². The SMILES string of the molecule is C#CC1(c2cn(C)nc2C(F)F)CC1. The molecule has 0 aliphatic heterocycles. The van der Waals surface area contributed by atoms with Gasteiger partial charge in [0, 0.05) is 18.8 Å². The van der Waals surface area contributed by atoms with Crippen LogP contribution in [-0.4, -0.2) is 9.78 Å². The predicted molar refractivity (Wildman–Crippen MR) is 47.9 cm³/mol. The molecule has 1 fully saturated rings. The minimum atomic E-state index is -2.54. The van der Waals surface area contributed by atoms with Crippen LogP contribution in [0.25, 0.3) is 0 Å². The Hall–Kier alpha value is -1.37. The average Bonchev–Trinajstić information content (AvgIpc) is 2.84. The normalized spacial score (nSPS) is 18.2. The summed E-state index contributed by atoms with van der Waals surface area (Å²) in [6.45, 7) is 0. The molecule has 1 saturated carbocycles. The predicted octanol–water partition coefficient (Wildman–Crippen LogP) is 2.02. The Morgan fingerprint density at radius 3 is 2.71 bits per heavy atom. The lowest BCUT2D eigenvalue weighted by Crippen LogP contribution is -2.05. The van der Waals surface area contributed by atoms with Gasteiger partial charge < -0.3 is 0 Å². The molecule has 0 unspecified atom stereocenters. The number of aromatic nitrogens is 2. The smallest absolute Gasteiger partial charge is 0.275 e. The Morgan fingerprint density at radius 2 is 2.29 bits per heavy atom. The second kappa shape index (κ2) is 2.81. The van der Waals surface area contributed by atoms with E-state index in [-0.39, 0.29) is 5.69 Å². The number of aryl methyl sites for hydroxylation is 1. The van der Waals surface area contributed by atoms with Gasteiger partial charge in [0.15, 0.2) is 0 Å². The fourth-order valence-corrected chi connectivity index (χ4v) is 1.65. The first-order chi connectivity index (χ1) is 6.59. The van der Waals surface area contributed by atoms with Crippen molar-refractivity contribution in [3.8, 4) is 12.3 Å². The summed E-state index contributed by atoms with van der Waals surface area (Å²) >= 11 is 0. The van der Waals surface area contributed by atoms with Crippen LogP contribution < -0.4 is 0 Å². The molecule has 0 atom stereocenters. The van der Waals surface area contributed by atoms with Gasteiger partial charge in [0.05, 0.1) is 5.41 Å². The largest absolute Gasteiger partial charge is 0.282 e. The molecule has 1 aromatic heterocycles. The summed E-state index contributed by atoms with van der Waals surface area (Å²) in [6, 6.07) is 0. The van der Waals surface area contributed by atoms with Crippen LogP contribution in [0.5, 0.6) is 0 Å². The zero-order chi connectivity index (χ0) is 10.3. The summed E-state index contributed by atoms with van der Waals surface area (Å²) < 4.78 is 26.6. The van der Waals surface area contributed by atoms with Crippen LogP contribution in [0.2, 0.25) is 0 Å². The number of halogens is 2. The van der Waals surface area contributed by atoms with Gasteiger partial charge in [-0.15, -0.1) is 6.42 Å². The van der Waals surface area contributed by atoms with Crippen molar-refractivity contribution >= 4 is 0 Å². The third kappa shape index (κ3) is 1.20. The number of hydrogen-bond donors (Lipinski definition) is 0. The van der Waals surface area contributed by atoms with Crippen LogP contribution in [0.1, 0.15) is 30.5 Å². The Labute approximate surface area is 80.9 Å². The summed E-state index contributed by atoms with van der Waals surface area (Å²) in [7, 11) is 1.63. The van der Waals surface area contributed by atoms with Crippen LogP contribution in [-0.2, 0) is 12.5 Å². The van der Waals surface area contributed by atoms with Gasteiger partial charge in [-0.25, -0.2) is 8.78 Å². The Balaban J connectivity index is 2.48. The maximum absolute atomic E-state index is 12.6. The quantitative estimate of drug-likeness (QED) is 0.662. The van der Waals surface area contributed by atoms with Gasteiger partial charge >= 0.3 is 0 Å². The molecule has 0 radical (unpaired) electrons. The minimum absolute atomic E-state index is 0.164. The first-order valence-corrected chi connectivity index (χ1v) is 4.39. The average molecular weight is 196 g/mol. The Bertz CT molecular complexity index is 397. The van der Waals surface area contributed by atoms with Crippen LogP contribution in [0.3, 0.4) is 0 Å². The molecule has 0 amide bonds. The maximum atomic E-state index is 12.6. The molecule has 4 heteroatoms. The van der Waals surface area contributed by atoms with Gasteiger partial charge in [-0.1, -0.05) is 5.92 Å². The lowest BCUT2D eigenvalue weighted by Gasteiger charge is -2.06. The molecule has 0 saturated heterocycles. The van der Waals surface area contributed by atoms with E-state index < -0.39 is 11.8 Å². The molecule has 0 spiro atoms. The summed E-state index contributed by atoms with van der Waals surface area (Å²) in [5, 5.41) is 3.74. The lowest BCUT2D eigenvalue weighted by molar-refractivity contribution is 0.143. The molecule has 2 nitrogen and oxygen atoms in total. The molecule has 2 rings (SSSR count). The van der Waals surface area contributed by atoms with Crippen LogP contribution in [0.15, 0.2) is 6.20 Å².